The second-order valence-corrected chi connectivity index (χ2v) is 6.87. The van der Waals surface area contributed by atoms with Gasteiger partial charge in [0.25, 0.3) is 0 Å². The number of thioether (sulfide) groups is 1. The van der Waals surface area contributed by atoms with Crippen molar-refractivity contribution < 1.29 is 4.74 Å². The van der Waals surface area contributed by atoms with E-state index >= 15 is 0 Å². The fourth-order valence-corrected chi connectivity index (χ4v) is 3.02. The molecule has 0 bridgehead atoms. The van der Waals surface area contributed by atoms with Crippen molar-refractivity contribution in [3.05, 3.63) is 29.8 Å². The zero-order chi connectivity index (χ0) is 15.0. The molecule has 1 rings (SSSR count). The topological polar surface area (TPSA) is 21.3 Å². The van der Waals surface area contributed by atoms with Gasteiger partial charge < -0.3 is 10.1 Å². The van der Waals surface area contributed by atoms with Gasteiger partial charge in [-0.15, -0.1) is 0 Å². The average molecular weight is 295 g/mol. The van der Waals surface area contributed by atoms with Crippen LogP contribution in [0.3, 0.4) is 0 Å². The van der Waals surface area contributed by atoms with Crippen LogP contribution in [0.4, 0.5) is 0 Å². The largest absolute Gasteiger partial charge is 0.491 e. The predicted molar refractivity (Wildman–Crippen MR) is 90.8 cm³/mol. The zero-order valence-electron chi connectivity index (χ0n) is 13.5. The second-order valence-electron chi connectivity index (χ2n) is 5.40. The first kappa shape index (κ1) is 17.4. The number of nitrogens with one attached hydrogen (secondary N) is 1. The molecule has 0 spiro atoms. The van der Waals surface area contributed by atoms with Gasteiger partial charge in [-0.2, -0.15) is 11.8 Å². The first-order valence-corrected chi connectivity index (χ1v) is 8.73. The predicted octanol–water partition coefficient (Wildman–Crippen LogP) is 4.66. The third-order valence-electron chi connectivity index (χ3n) is 3.23. The van der Waals surface area contributed by atoms with Crippen LogP contribution in [0.15, 0.2) is 24.3 Å². The van der Waals surface area contributed by atoms with Crippen molar-refractivity contribution in [2.75, 3.05) is 12.3 Å². The van der Waals surface area contributed by atoms with E-state index in [9.17, 15) is 0 Å². The van der Waals surface area contributed by atoms with E-state index in [2.05, 4.69) is 64.2 Å². The Morgan fingerprint density at radius 1 is 1.10 bits per heavy atom. The SMILES string of the molecule is CCNC(CSC(C)CC)c1ccc(OC(C)C)cc1. The summed E-state index contributed by atoms with van der Waals surface area (Å²) in [4.78, 5) is 0. The van der Waals surface area contributed by atoms with Gasteiger partial charge in [-0.05, 0) is 44.5 Å². The summed E-state index contributed by atoms with van der Waals surface area (Å²) in [5.41, 5.74) is 1.35. The summed E-state index contributed by atoms with van der Waals surface area (Å²) in [6, 6.07) is 8.94. The van der Waals surface area contributed by atoms with Crippen LogP contribution in [0, 0.1) is 0 Å². The van der Waals surface area contributed by atoms with Crippen molar-refractivity contribution in [3.8, 4) is 5.75 Å². The smallest absolute Gasteiger partial charge is 0.119 e. The lowest BCUT2D eigenvalue weighted by atomic mass is 10.1. The van der Waals surface area contributed by atoms with Crippen molar-refractivity contribution in [2.45, 2.75) is 58.4 Å². The highest BCUT2D eigenvalue weighted by Gasteiger charge is 2.12. The van der Waals surface area contributed by atoms with Crippen LogP contribution in [-0.2, 0) is 0 Å². The Morgan fingerprint density at radius 3 is 2.25 bits per heavy atom. The molecule has 20 heavy (non-hydrogen) atoms. The van der Waals surface area contributed by atoms with E-state index in [1.807, 2.05) is 11.8 Å². The summed E-state index contributed by atoms with van der Waals surface area (Å²) in [6.45, 7) is 11.8. The van der Waals surface area contributed by atoms with Crippen molar-refractivity contribution >= 4 is 11.8 Å². The van der Waals surface area contributed by atoms with E-state index in [0.717, 1.165) is 23.3 Å². The molecule has 2 unspecified atom stereocenters. The molecule has 3 heteroatoms. The third kappa shape index (κ3) is 6.19. The minimum atomic E-state index is 0.228. The number of ether oxygens (including phenoxy) is 1. The fraction of sp³-hybridized carbons (Fsp3) is 0.647. The lowest BCUT2D eigenvalue weighted by Gasteiger charge is -2.20. The van der Waals surface area contributed by atoms with Crippen LogP contribution < -0.4 is 10.1 Å². The lowest BCUT2D eigenvalue weighted by molar-refractivity contribution is 0.242. The minimum Gasteiger partial charge on any atom is -0.491 e. The molecule has 0 aliphatic heterocycles. The summed E-state index contributed by atoms with van der Waals surface area (Å²) < 4.78 is 5.70. The Morgan fingerprint density at radius 2 is 1.75 bits per heavy atom. The van der Waals surface area contributed by atoms with E-state index in [1.165, 1.54) is 12.0 Å². The molecule has 2 nitrogen and oxygen atoms in total. The van der Waals surface area contributed by atoms with E-state index in [0.29, 0.717) is 6.04 Å². The molecule has 2 atom stereocenters. The highest BCUT2D eigenvalue weighted by Crippen LogP contribution is 2.24. The molecule has 0 radical (unpaired) electrons. The monoisotopic (exact) mass is 295 g/mol. The number of hydrogen-bond acceptors (Lipinski definition) is 3. The zero-order valence-corrected chi connectivity index (χ0v) is 14.3. The van der Waals surface area contributed by atoms with E-state index in [1.54, 1.807) is 0 Å². The fourth-order valence-electron chi connectivity index (χ4n) is 1.95. The van der Waals surface area contributed by atoms with Gasteiger partial charge in [-0.1, -0.05) is 32.9 Å². The molecular formula is C17H29NOS. The molecule has 1 aromatic carbocycles. The molecule has 114 valence electrons. The Labute approximate surface area is 128 Å². The molecule has 0 saturated carbocycles. The third-order valence-corrected chi connectivity index (χ3v) is 4.66. The van der Waals surface area contributed by atoms with Crippen molar-refractivity contribution in [3.63, 3.8) is 0 Å². The van der Waals surface area contributed by atoms with E-state index < -0.39 is 0 Å². The molecule has 0 aromatic heterocycles. The molecule has 1 aromatic rings. The van der Waals surface area contributed by atoms with Crippen molar-refractivity contribution in [1.82, 2.24) is 5.32 Å². The van der Waals surface area contributed by atoms with Gasteiger partial charge in [-0.3, -0.25) is 0 Å². The summed E-state index contributed by atoms with van der Waals surface area (Å²) in [5, 5.41) is 4.30. The van der Waals surface area contributed by atoms with Crippen LogP contribution in [0.2, 0.25) is 0 Å². The maximum absolute atomic E-state index is 5.70. The average Bonchev–Trinajstić information content (AvgIpc) is 2.43. The van der Waals surface area contributed by atoms with Crippen LogP contribution in [0.5, 0.6) is 5.75 Å². The maximum Gasteiger partial charge on any atom is 0.119 e. The number of rotatable bonds is 9. The summed E-state index contributed by atoms with van der Waals surface area (Å²) in [5.74, 6) is 2.07. The molecule has 0 saturated heterocycles. The molecule has 0 aliphatic rings. The molecular weight excluding hydrogens is 266 g/mol. The molecule has 1 N–H and O–H groups in total. The quantitative estimate of drug-likeness (QED) is 0.716. The number of benzene rings is 1. The van der Waals surface area contributed by atoms with E-state index in [-0.39, 0.29) is 6.10 Å². The molecule has 0 fully saturated rings. The Kier molecular flexibility index (Phi) is 8.08. The van der Waals surface area contributed by atoms with E-state index in [4.69, 9.17) is 4.74 Å². The van der Waals surface area contributed by atoms with Gasteiger partial charge in [0.05, 0.1) is 6.10 Å². The summed E-state index contributed by atoms with van der Waals surface area (Å²) in [7, 11) is 0. The second kappa shape index (κ2) is 9.30. The van der Waals surface area contributed by atoms with Crippen LogP contribution in [-0.4, -0.2) is 23.7 Å². The van der Waals surface area contributed by atoms with Gasteiger partial charge >= 0.3 is 0 Å². The van der Waals surface area contributed by atoms with Crippen LogP contribution in [0.25, 0.3) is 0 Å². The Hall–Kier alpha value is -0.670. The summed E-state index contributed by atoms with van der Waals surface area (Å²) in [6.07, 6.45) is 1.45. The lowest BCUT2D eigenvalue weighted by Crippen LogP contribution is -2.23. The highest BCUT2D eigenvalue weighted by atomic mass is 32.2. The van der Waals surface area contributed by atoms with Gasteiger partial charge in [0, 0.05) is 17.0 Å². The maximum atomic E-state index is 5.70. The minimum absolute atomic E-state index is 0.228. The van der Waals surface area contributed by atoms with Gasteiger partial charge in [-0.25, -0.2) is 0 Å². The van der Waals surface area contributed by atoms with Gasteiger partial charge in [0.2, 0.25) is 0 Å². The van der Waals surface area contributed by atoms with Crippen molar-refractivity contribution in [2.24, 2.45) is 0 Å². The number of hydrogen-bond donors (Lipinski definition) is 1. The molecule has 0 heterocycles. The van der Waals surface area contributed by atoms with Crippen molar-refractivity contribution in [1.29, 1.82) is 0 Å². The standard InChI is InChI=1S/C17H29NOS/c1-6-14(5)20-12-17(18-7-2)15-8-10-16(11-9-15)19-13(3)4/h8-11,13-14,17-18H,6-7,12H2,1-5H3. The Bertz CT molecular complexity index is 364. The van der Waals surface area contributed by atoms with Crippen LogP contribution in [0.1, 0.15) is 52.6 Å². The summed E-state index contributed by atoms with van der Waals surface area (Å²) >= 11 is 2.04. The first-order chi connectivity index (χ1) is 9.56. The van der Waals surface area contributed by atoms with Crippen LogP contribution >= 0.6 is 11.8 Å². The van der Waals surface area contributed by atoms with Gasteiger partial charge in [0.15, 0.2) is 0 Å². The Balaban J connectivity index is 2.65. The first-order valence-electron chi connectivity index (χ1n) is 7.68. The normalized spacial score (nSPS) is 14.3. The molecule has 0 aliphatic carbocycles. The van der Waals surface area contributed by atoms with Gasteiger partial charge in [0.1, 0.15) is 5.75 Å². The molecule has 0 amide bonds. The highest BCUT2D eigenvalue weighted by molar-refractivity contribution is 7.99.